The molecule has 3 aromatic rings. The van der Waals surface area contributed by atoms with Gasteiger partial charge in [0.2, 0.25) is 5.76 Å². The van der Waals surface area contributed by atoms with Crippen LogP contribution in [0.25, 0.3) is 11.0 Å². The Labute approximate surface area is 172 Å². The molecule has 154 valence electrons. The van der Waals surface area contributed by atoms with E-state index in [-0.39, 0.29) is 22.8 Å². The lowest BCUT2D eigenvalue weighted by Crippen LogP contribution is -3.05. The molecule has 1 aliphatic heterocycles. The molecule has 8 heteroatoms. The van der Waals surface area contributed by atoms with Crippen LogP contribution in [0.4, 0.5) is 5.69 Å². The number of hydrogen-bond donors (Lipinski definition) is 1. The van der Waals surface area contributed by atoms with Gasteiger partial charge in [0.05, 0.1) is 42.6 Å². The number of hydrogen-bond acceptors (Lipinski definition) is 5. The van der Waals surface area contributed by atoms with E-state index in [0.717, 1.165) is 13.0 Å². The molecule has 1 aromatic heterocycles. The van der Waals surface area contributed by atoms with Gasteiger partial charge in [0, 0.05) is 25.1 Å². The largest absolute Gasteiger partial charge is 0.450 e. The fourth-order valence-corrected chi connectivity index (χ4v) is 3.93. The molecule has 30 heavy (non-hydrogen) atoms. The Hall–Kier alpha value is -3.52. The minimum absolute atomic E-state index is 0.0448. The van der Waals surface area contributed by atoms with Crippen LogP contribution in [0.5, 0.6) is 0 Å². The lowest BCUT2D eigenvalue weighted by Gasteiger charge is -2.25. The predicted molar refractivity (Wildman–Crippen MR) is 111 cm³/mol. The maximum absolute atomic E-state index is 13.3. The first kappa shape index (κ1) is 19.8. The average molecular weight is 408 g/mol. The molecule has 0 aliphatic carbocycles. The number of benzene rings is 2. The van der Waals surface area contributed by atoms with E-state index in [2.05, 4.69) is 0 Å². The highest BCUT2D eigenvalue weighted by atomic mass is 16.6. The lowest BCUT2D eigenvalue weighted by molar-refractivity contribution is -0.858. The van der Waals surface area contributed by atoms with E-state index in [1.54, 1.807) is 41.3 Å². The third-order valence-electron chi connectivity index (χ3n) is 5.37. The van der Waals surface area contributed by atoms with Gasteiger partial charge in [-0.3, -0.25) is 19.7 Å². The van der Waals surface area contributed by atoms with Crippen LogP contribution in [0, 0.1) is 10.1 Å². The Morgan fingerprint density at radius 3 is 2.47 bits per heavy atom. The minimum Gasteiger partial charge on any atom is -0.450 e. The zero-order valence-corrected chi connectivity index (χ0v) is 16.8. The molecule has 2 heterocycles. The van der Waals surface area contributed by atoms with Gasteiger partial charge < -0.3 is 14.2 Å². The van der Waals surface area contributed by atoms with Gasteiger partial charge in [0.15, 0.2) is 5.43 Å². The molecule has 0 spiro atoms. The summed E-state index contributed by atoms with van der Waals surface area (Å²) in [5.41, 5.74) is 1.02. The van der Waals surface area contributed by atoms with Crippen LogP contribution in [-0.4, -0.2) is 42.9 Å². The van der Waals surface area contributed by atoms with Gasteiger partial charge in [-0.05, 0) is 29.8 Å². The summed E-state index contributed by atoms with van der Waals surface area (Å²) in [4.78, 5) is 40.0. The summed E-state index contributed by atoms with van der Waals surface area (Å²) in [6, 6.07) is 12.2. The number of non-ortho nitro benzene ring substituents is 1. The third kappa shape index (κ3) is 3.35. The van der Waals surface area contributed by atoms with Gasteiger partial charge in [-0.2, -0.15) is 0 Å². The number of nitrogens with one attached hydrogen (secondary N) is 1. The number of nitro groups is 1. The molecule has 8 nitrogen and oxygen atoms in total. The number of para-hydroxylation sites is 1. The molecular weight excluding hydrogens is 386 g/mol. The number of quaternary nitrogens is 1. The number of fused-ring (bicyclic) bond motifs is 2. The molecular formula is C22H22N3O5+. The van der Waals surface area contributed by atoms with Gasteiger partial charge in [0.25, 0.3) is 11.6 Å². The quantitative estimate of drug-likeness (QED) is 0.495. The molecule has 1 aliphatic rings. The standard InChI is InChI=1S/C22H21N3O5/c1-23(2)12-5-13-24-19(14-8-10-15(11-9-14)25(28)29)18-20(26)16-6-3-4-7-17(16)30-21(18)22(24)27/h3-4,6-11,19H,5,12-13H2,1-2H3/p+1/t19-/m0/s1. The number of nitrogens with zero attached hydrogens (tertiary/aromatic N) is 2. The Balaban J connectivity index is 1.85. The molecule has 0 bridgehead atoms. The van der Waals surface area contributed by atoms with Crippen molar-refractivity contribution in [1.82, 2.24) is 4.90 Å². The predicted octanol–water partition coefficient (Wildman–Crippen LogP) is 1.78. The number of nitro benzene ring substituents is 1. The van der Waals surface area contributed by atoms with Gasteiger partial charge in [-0.15, -0.1) is 0 Å². The maximum Gasteiger partial charge on any atom is 0.290 e. The van der Waals surface area contributed by atoms with Crippen LogP contribution in [0.15, 0.2) is 57.7 Å². The van der Waals surface area contributed by atoms with Crippen LogP contribution in [0.2, 0.25) is 0 Å². The van der Waals surface area contributed by atoms with E-state index < -0.39 is 11.0 Å². The number of amides is 1. The fourth-order valence-electron chi connectivity index (χ4n) is 3.93. The molecule has 4 rings (SSSR count). The smallest absolute Gasteiger partial charge is 0.290 e. The maximum atomic E-state index is 13.3. The molecule has 1 atom stereocenters. The number of rotatable bonds is 6. The van der Waals surface area contributed by atoms with E-state index in [9.17, 15) is 19.7 Å². The summed E-state index contributed by atoms with van der Waals surface area (Å²) in [6.45, 7) is 1.31. The summed E-state index contributed by atoms with van der Waals surface area (Å²) in [5, 5.41) is 11.4. The second-order valence-corrected chi connectivity index (χ2v) is 7.73. The van der Waals surface area contributed by atoms with Crippen molar-refractivity contribution < 1.29 is 19.0 Å². The van der Waals surface area contributed by atoms with Crippen LogP contribution >= 0.6 is 0 Å². The first-order valence-corrected chi connectivity index (χ1v) is 9.78. The fraction of sp³-hybridized carbons (Fsp3) is 0.273. The Morgan fingerprint density at radius 1 is 1.10 bits per heavy atom. The van der Waals surface area contributed by atoms with Gasteiger partial charge in [0.1, 0.15) is 5.58 Å². The van der Waals surface area contributed by atoms with Crippen LogP contribution in [-0.2, 0) is 0 Å². The number of carbonyl (C=O) groups excluding carboxylic acids is 1. The second-order valence-electron chi connectivity index (χ2n) is 7.73. The van der Waals surface area contributed by atoms with Crippen LogP contribution < -0.4 is 10.3 Å². The first-order valence-electron chi connectivity index (χ1n) is 9.78. The van der Waals surface area contributed by atoms with Crippen molar-refractivity contribution in [2.75, 3.05) is 27.2 Å². The molecule has 2 aromatic carbocycles. The molecule has 0 fully saturated rings. The second kappa shape index (κ2) is 7.72. The minimum atomic E-state index is -0.633. The van der Waals surface area contributed by atoms with Crippen molar-refractivity contribution in [3.63, 3.8) is 0 Å². The highest BCUT2D eigenvalue weighted by Gasteiger charge is 2.42. The van der Waals surface area contributed by atoms with Crippen molar-refractivity contribution in [3.8, 4) is 0 Å². The monoisotopic (exact) mass is 408 g/mol. The van der Waals surface area contributed by atoms with E-state index >= 15 is 0 Å². The summed E-state index contributed by atoms with van der Waals surface area (Å²) < 4.78 is 5.86. The van der Waals surface area contributed by atoms with E-state index in [4.69, 9.17) is 4.42 Å². The summed E-state index contributed by atoms with van der Waals surface area (Å²) >= 11 is 0. The average Bonchev–Trinajstić information content (AvgIpc) is 3.00. The van der Waals surface area contributed by atoms with Crippen molar-refractivity contribution in [2.45, 2.75) is 12.5 Å². The first-order chi connectivity index (χ1) is 14.4. The zero-order chi connectivity index (χ0) is 21.4. The van der Waals surface area contributed by atoms with E-state index in [1.807, 2.05) is 14.1 Å². The van der Waals surface area contributed by atoms with Crippen molar-refractivity contribution >= 4 is 22.6 Å². The van der Waals surface area contributed by atoms with Crippen LogP contribution in [0.3, 0.4) is 0 Å². The van der Waals surface area contributed by atoms with E-state index in [0.29, 0.717) is 28.6 Å². The molecule has 0 saturated heterocycles. The SMILES string of the molecule is C[NH+](C)CCCN1C(=O)c2oc3ccccc3c(=O)c2[C@@H]1c1ccc([N+](=O)[O-])cc1. The molecule has 1 amide bonds. The highest BCUT2D eigenvalue weighted by molar-refractivity contribution is 5.99. The van der Waals surface area contributed by atoms with Crippen molar-refractivity contribution in [1.29, 1.82) is 0 Å². The molecule has 0 saturated carbocycles. The van der Waals surface area contributed by atoms with Gasteiger partial charge >= 0.3 is 0 Å². The van der Waals surface area contributed by atoms with Crippen molar-refractivity contribution in [3.05, 3.63) is 85.8 Å². The van der Waals surface area contributed by atoms with Crippen LogP contribution in [0.1, 0.15) is 34.1 Å². The summed E-state index contributed by atoms with van der Waals surface area (Å²) in [7, 11) is 4.07. The van der Waals surface area contributed by atoms with E-state index in [1.165, 1.54) is 17.0 Å². The number of carbonyl (C=O) groups is 1. The van der Waals surface area contributed by atoms with Gasteiger partial charge in [-0.1, -0.05) is 12.1 Å². The third-order valence-corrected chi connectivity index (χ3v) is 5.37. The van der Waals surface area contributed by atoms with Crippen molar-refractivity contribution in [2.24, 2.45) is 0 Å². The summed E-state index contributed by atoms with van der Waals surface area (Å²) in [6.07, 6.45) is 0.749. The van der Waals surface area contributed by atoms with Gasteiger partial charge in [-0.25, -0.2) is 0 Å². The Morgan fingerprint density at radius 2 is 1.80 bits per heavy atom. The lowest BCUT2D eigenvalue weighted by atomic mass is 9.98. The molecule has 0 radical (unpaired) electrons. The highest BCUT2D eigenvalue weighted by Crippen LogP contribution is 2.38. The topological polar surface area (TPSA) is 98.1 Å². The zero-order valence-electron chi connectivity index (χ0n) is 16.8. The Kier molecular flexibility index (Phi) is 5.09. The normalized spacial score (nSPS) is 15.8. The Bertz CT molecular complexity index is 1180. The molecule has 1 N–H and O–H groups in total. The molecule has 0 unspecified atom stereocenters. The summed E-state index contributed by atoms with van der Waals surface area (Å²) in [5.74, 6) is -0.274.